The first-order valence-corrected chi connectivity index (χ1v) is 12.6. The molecule has 186 valence electrons. The largest absolute Gasteiger partial charge is 0.439 e. The molecule has 4 rings (SSSR count). The molecule has 0 saturated heterocycles. The highest BCUT2D eigenvalue weighted by atomic mass is 32.2. The van der Waals surface area contributed by atoms with Crippen molar-refractivity contribution in [3.8, 4) is 22.9 Å². The lowest BCUT2D eigenvalue weighted by atomic mass is 10.00. The number of hydrogen-bond donors (Lipinski definition) is 2. The third kappa shape index (κ3) is 6.04. The Morgan fingerprint density at radius 1 is 1.06 bits per heavy atom. The first kappa shape index (κ1) is 25.2. The molecule has 9 heteroatoms. The van der Waals surface area contributed by atoms with Gasteiger partial charge in [-0.1, -0.05) is 31.2 Å². The molecule has 0 aliphatic heterocycles. The van der Waals surface area contributed by atoms with E-state index in [0.717, 1.165) is 39.3 Å². The van der Waals surface area contributed by atoms with Gasteiger partial charge in [0.1, 0.15) is 5.75 Å². The molecule has 0 bridgehead atoms. The molecule has 0 aliphatic carbocycles. The molecule has 0 spiro atoms. The highest BCUT2D eigenvalue weighted by molar-refractivity contribution is 8.00. The smallest absolute Gasteiger partial charge is 0.251 e. The lowest BCUT2D eigenvalue weighted by Crippen LogP contribution is -2.23. The Bertz CT molecular complexity index is 1360. The fourth-order valence-corrected chi connectivity index (χ4v) is 4.34. The molecule has 4 aromatic rings. The summed E-state index contributed by atoms with van der Waals surface area (Å²) in [6.07, 6.45) is 4.54. The van der Waals surface area contributed by atoms with E-state index in [1.807, 2.05) is 45.3 Å². The maximum atomic E-state index is 12.5. The van der Waals surface area contributed by atoms with Gasteiger partial charge in [0.25, 0.3) is 5.91 Å². The van der Waals surface area contributed by atoms with Crippen molar-refractivity contribution in [2.24, 2.45) is 7.05 Å². The Labute approximate surface area is 215 Å². The summed E-state index contributed by atoms with van der Waals surface area (Å²) in [6.45, 7) is 8.70. The minimum absolute atomic E-state index is 0.129. The maximum absolute atomic E-state index is 12.5. The van der Waals surface area contributed by atoms with Gasteiger partial charge in [-0.3, -0.25) is 14.2 Å². The fraction of sp³-hybridized carbons (Fsp3) is 0.259. The second-order valence-corrected chi connectivity index (χ2v) is 9.45. The number of nitrogens with zero attached hydrogens (tertiary/aromatic N) is 4. The van der Waals surface area contributed by atoms with Crippen LogP contribution in [0.5, 0.6) is 11.6 Å². The quantitative estimate of drug-likeness (QED) is 0.277. The van der Waals surface area contributed by atoms with E-state index in [1.54, 1.807) is 23.0 Å². The lowest BCUT2D eigenvalue weighted by molar-refractivity contribution is 0.0953. The molecule has 0 aliphatic rings. The predicted octanol–water partition coefficient (Wildman–Crippen LogP) is 5.85. The van der Waals surface area contributed by atoms with E-state index in [2.05, 4.69) is 46.1 Å². The number of ether oxygens (including phenoxy) is 1. The van der Waals surface area contributed by atoms with Crippen LogP contribution >= 0.6 is 11.9 Å². The summed E-state index contributed by atoms with van der Waals surface area (Å²) in [7, 11) is 1.87. The van der Waals surface area contributed by atoms with E-state index < -0.39 is 0 Å². The van der Waals surface area contributed by atoms with E-state index in [0.29, 0.717) is 29.7 Å². The lowest BCUT2D eigenvalue weighted by Gasteiger charge is -2.14. The van der Waals surface area contributed by atoms with Crippen LogP contribution in [0.1, 0.15) is 40.4 Å². The summed E-state index contributed by atoms with van der Waals surface area (Å²) in [4.78, 5) is 22.8. The molecule has 2 heterocycles. The van der Waals surface area contributed by atoms with Crippen LogP contribution in [0, 0.1) is 20.8 Å². The van der Waals surface area contributed by atoms with Gasteiger partial charge in [0.2, 0.25) is 11.8 Å². The number of aromatic nitrogens is 4. The van der Waals surface area contributed by atoms with Crippen molar-refractivity contribution in [3.63, 3.8) is 0 Å². The van der Waals surface area contributed by atoms with Gasteiger partial charge in [0.05, 0.1) is 16.8 Å². The zero-order chi connectivity index (χ0) is 25.7. The zero-order valence-corrected chi connectivity index (χ0v) is 21.9. The Balaban J connectivity index is 1.69. The van der Waals surface area contributed by atoms with Crippen molar-refractivity contribution >= 4 is 23.8 Å². The number of hydrogen-bond acceptors (Lipinski definition) is 7. The molecule has 0 radical (unpaired) electrons. The van der Waals surface area contributed by atoms with Crippen molar-refractivity contribution in [1.29, 1.82) is 0 Å². The molecule has 2 aromatic carbocycles. The van der Waals surface area contributed by atoms with Crippen molar-refractivity contribution in [3.05, 3.63) is 77.1 Å². The third-order valence-corrected chi connectivity index (χ3v) is 6.31. The fourth-order valence-electron chi connectivity index (χ4n) is 3.73. The Hall–Kier alpha value is -3.85. The van der Waals surface area contributed by atoms with E-state index in [-0.39, 0.29) is 5.91 Å². The summed E-state index contributed by atoms with van der Waals surface area (Å²) in [5.41, 5.74) is 5.43. The molecule has 2 N–H and O–H groups in total. The van der Waals surface area contributed by atoms with Crippen LogP contribution in [0.25, 0.3) is 11.3 Å². The Morgan fingerprint density at radius 2 is 1.83 bits per heavy atom. The van der Waals surface area contributed by atoms with Gasteiger partial charge in [0.15, 0.2) is 0 Å². The molecule has 0 atom stereocenters. The summed E-state index contributed by atoms with van der Waals surface area (Å²) in [5, 5.41) is 7.10. The summed E-state index contributed by atoms with van der Waals surface area (Å²) in [6, 6.07) is 13.4. The van der Waals surface area contributed by atoms with E-state index in [4.69, 9.17) is 9.72 Å². The second-order valence-electron chi connectivity index (χ2n) is 8.57. The van der Waals surface area contributed by atoms with Gasteiger partial charge in [-0.2, -0.15) is 10.1 Å². The van der Waals surface area contributed by atoms with Crippen LogP contribution in [0.4, 0.5) is 5.95 Å². The number of aryl methyl sites for hydroxylation is 4. The SMILES string of the molecule is CCCNC(=O)c1ccc(C)c(Oc2cc(-c3c(C)cccc3C)nc(NSc3cnn(C)c3)n2)c1. The van der Waals surface area contributed by atoms with Crippen LogP contribution < -0.4 is 14.8 Å². The molecule has 0 saturated carbocycles. The van der Waals surface area contributed by atoms with Crippen molar-refractivity contribution < 1.29 is 9.53 Å². The van der Waals surface area contributed by atoms with Crippen LogP contribution in [0.3, 0.4) is 0 Å². The summed E-state index contributed by atoms with van der Waals surface area (Å²) < 4.78 is 11.2. The minimum Gasteiger partial charge on any atom is -0.439 e. The molecule has 0 unspecified atom stereocenters. The normalized spacial score (nSPS) is 10.8. The highest BCUT2D eigenvalue weighted by Crippen LogP contribution is 2.32. The monoisotopic (exact) mass is 502 g/mol. The number of rotatable bonds is 9. The molecular formula is C27H30N6O2S. The number of benzene rings is 2. The summed E-state index contributed by atoms with van der Waals surface area (Å²) >= 11 is 1.37. The summed E-state index contributed by atoms with van der Waals surface area (Å²) in [5.74, 6) is 1.23. The average molecular weight is 503 g/mol. The number of nitrogens with one attached hydrogen (secondary N) is 2. The zero-order valence-electron chi connectivity index (χ0n) is 21.1. The van der Waals surface area contributed by atoms with Crippen LogP contribution in [0.2, 0.25) is 0 Å². The van der Waals surface area contributed by atoms with Gasteiger partial charge >= 0.3 is 0 Å². The van der Waals surface area contributed by atoms with Crippen LogP contribution in [-0.4, -0.2) is 32.2 Å². The minimum atomic E-state index is -0.129. The van der Waals surface area contributed by atoms with E-state index >= 15 is 0 Å². The Kier molecular flexibility index (Phi) is 7.90. The van der Waals surface area contributed by atoms with E-state index in [1.165, 1.54) is 11.9 Å². The topological polar surface area (TPSA) is 94.0 Å². The van der Waals surface area contributed by atoms with Crippen LogP contribution in [0.15, 0.2) is 59.8 Å². The van der Waals surface area contributed by atoms with Crippen molar-refractivity contribution in [1.82, 2.24) is 25.1 Å². The molecule has 1 amide bonds. The van der Waals surface area contributed by atoms with Gasteiger partial charge in [-0.15, -0.1) is 0 Å². The van der Waals surface area contributed by atoms with Crippen molar-refractivity contribution in [2.75, 3.05) is 11.3 Å². The van der Waals surface area contributed by atoms with Gasteiger partial charge in [0, 0.05) is 37.0 Å². The second kappa shape index (κ2) is 11.3. The number of carbonyl (C=O) groups excluding carboxylic acids is 1. The van der Waals surface area contributed by atoms with Gasteiger partial charge in [-0.05, 0) is 68.0 Å². The first-order chi connectivity index (χ1) is 17.3. The molecular weight excluding hydrogens is 472 g/mol. The molecule has 2 aromatic heterocycles. The van der Waals surface area contributed by atoms with E-state index in [9.17, 15) is 4.79 Å². The van der Waals surface area contributed by atoms with Gasteiger partial charge in [-0.25, -0.2) is 4.98 Å². The number of carbonyl (C=O) groups is 1. The Morgan fingerprint density at radius 3 is 2.53 bits per heavy atom. The highest BCUT2D eigenvalue weighted by Gasteiger charge is 2.15. The first-order valence-electron chi connectivity index (χ1n) is 11.8. The van der Waals surface area contributed by atoms with Crippen LogP contribution in [-0.2, 0) is 7.05 Å². The molecule has 36 heavy (non-hydrogen) atoms. The predicted molar refractivity (Wildman–Crippen MR) is 144 cm³/mol. The third-order valence-electron chi connectivity index (χ3n) is 5.58. The number of anilines is 1. The molecule has 0 fully saturated rings. The number of amides is 1. The van der Waals surface area contributed by atoms with Crippen molar-refractivity contribution in [2.45, 2.75) is 39.0 Å². The van der Waals surface area contributed by atoms with Gasteiger partial charge < -0.3 is 10.1 Å². The molecule has 8 nitrogen and oxygen atoms in total. The average Bonchev–Trinajstić information content (AvgIpc) is 3.27. The standard InChI is InChI=1S/C27H30N6O2S/c1-6-12-28-26(34)20-11-10-17(2)23(13-20)35-24-14-22(25-18(3)8-7-9-19(25)4)30-27(31-24)32-36-21-15-29-33(5)16-21/h7-11,13-16H,6,12H2,1-5H3,(H,28,34)(H,30,31,32). The maximum Gasteiger partial charge on any atom is 0.251 e.